The first-order valence-electron chi connectivity index (χ1n) is 8.72. The van der Waals surface area contributed by atoms with Crippen molar-refractivity contribution in [3.8, 4) is 0 Å². The molecule has 0 saturated carbocycles. The van der Waals surface area contributed by atoms with Crippen LogP contribution in [0.2, 0.25) is 0 Å². The summed E-state index contributed by atoms with van der Waals surface area (Å²) in [5.74, 6) is 0. The SMILES string of the molecule is O[C@H]1[C@@H]2OC(c3ccccc3)OC[C@H]2OC(c2ccccc2)OC[C@@H]1O. The largest absolute Gasteiger partial charge is 0.388 e. The third-order valence-corrected chi connectivity index (χ3v) is 4.65. The molecule has 2 saturated heterocycles. The summed E-state index contributed by atoms with van der Waals surface area (Å²) in [4.78, 5) is 0. The van der Waals surface area contributed by atoms with E-state index in [9.17, 15) is 10.2 Å². The Labute approximate surface area is 151 Å². The zero-order valence-electron chi connectivity index (χ0n) is 14.2. The number of fused-ring (bicyclic) bond motifs is 1. The summed E-state index contributed by atoms with van der Waals surface area (Å²) >= 11 is 0. The average molecular weight is 358 g/mol. The predicted molar refractivity (Wildman–Crippen MR) is 92.0 cm³/mol. The topological polar surface area (TPSA) is 77.4 Å². The van der Waals surface area contributed by atoms with Gasteiger partial charge in [0.05, 0.1) is 13.2 Å². The summed E-state index contributed by atoms with van der Waals surface area (Å²) in [6.45, 7) is 0.171. The van der Waals surface area contributed by atoms with Gasteiger partial charge in [-0.15, -0.1) is 0 Å². The van der Waals surface area contributed by atoms with Gasteiger partial charge in [-0.3, -0.25) is 0 Å². The van der Waals surface area contributed by atoms with Gasteiger partial charge < -0.3 is 29.2 Å². The van der Waals surface area contributed by atoms with E-state index >= 15 is 0 Å². The molecular formula is C20H22O6. The van der Waals surface area contributed by atoms with E-state index in [4.69, 9.17) is 18.9 Å². The molecular weight excluding hydrogens is 336 g/mol. The lowest BCUT2D eigenvalue weighted by Gasteiger charge is -2.42. The highest BCUT2D eigenvalue weighted by molar-refractivity contribution is 5.18. The highest BCUT2D eigenvalue weighted by Gasteiger charge is 2.43. The molecule has 0 amide bonds. The number of aliphatic hydroxyl groups is 2. The molecule has 0 radical (unpaired) electrons. The first-order valence-corrected chi connectivity index (χ1v) is 8.72. The third-order valence-electron chi connectivity index (χ3n) is 4.65. The molecule has 2 aromatic carbocycles. The van der Waals surface area contributed by atoms with E-state index in [1.807, 2.05) is 60.7 Å². The van der Waals surface area contributed by atoms with Crippen molar-refractivity contribution in [3.05, 3.63) is 71.8 Å². The van der Waals surface area contributed by atoms with E-state index in [1.54, 1.807) is 0 Å². The highest BCUT2D eigenvalue weighted by Crippen LogP contribution is 2.34. The summed E-state index contributed by atoms with van der Waals surface area (Å²) in [5, 5.41) is 20.8. The normalized spacial score (nSPS) is 35.2. The van der Waals surface area contributed by atoms with Crippen molar-refractivity contribution in [1.82, 2.24) is 0 Å². The van der Waals surface area contributed by atoms with Gasteiger partial charge in [-0.05, 0) is 0 Å². The van der Waals surface area contributed by atoms with E-state index in [2.05, 4.69) is 0 Å². The smallest absolute Gasteiger partial charge is 0.184 e. The summed E-state index contributed by atoms with van der Waals surface area (Å²) in [6, 6.07) is 19.0. The number of hydrogen-bond acceptors (Lipinski definition) is 6. The van der Waals surface area contributed by atoms with Crippen molar-refractivity contribution in [3.63, 3.8) is 0 Å². The van der Waals surface area contributed by atoms with Crippen LogP contribution in [0.4, 0.5) is 0 Å². The van der Waals surface area contributed by atoms with Crippen LogP contribution >= 0.6 is 0 Å². The van der Waals surface area contributed by atoms with Crippen molar-refractivity contribution in [2.75, 3.05) is 13.2 Å². The molecule has 26 heavy (non-hydrogen) atoms. The molecule has 6 heteroatoms. The van der Waals surface area contributed by atoms with E-state index < -0.39 is 37.0 Å². The molecule has 2 N–H and O–H groups in total. The van der Waals surface area contributed by atoms with E-state index in [1.165, 1.54) is 0 Å². The Morgan fingerprint density at radius 2 is 1.23 bits per heavy atom. The molecule has 2 aliphatic heterocycles. The van der Waals surface area contributed by atoms with E-state index in [0.717, 1.165) is 11.1 Å². The summed E-state index contributed by atoms with van der Waals surface area (Å²) in [7, 11) is 0. The van der Waals surface area contributed by atoms with Crippen molar-refractivity contribution < 1.29 is 29.2 Å². The maximum absolute atomic E-state index is 10.5. The zero-order valence-corrected chi connectivity index (χ0v) is 14.2. The van der Waals surface area contributed by atoms with Crippen LogP contribution in [0.1, 0.15) is 23.7 Å². The second-order valence-corrected chi connectivity index (χ2v) is 6.49. The van der Waals surface area contributed by atoms with Crippen LogP contribution in [-0.4, -0.2) is 47.8 Å². The van der Waals surface area contributed by atoms with E-state index in [0.29, 0.717) is 0 Å². The highest BCUT2D eigenvalue weighted by atomic mass is 16.7. The van der Waals surface area contributed by atoms with Gasteiger partial charge in [-0.25, -0.2) is 0 Å². The molecule has 2 aromatic rings. The predicted octanol–water partition coefficient (Wildman–Crippen LogP) is 1.94. The molecule has 4 rings (SSSR count). The number of hydrogen-bond donors (Lipinski definition) is 2. The third kappa shape index (κ3) is 3.66. The van der Waals surface area contributed by atoms with Crippen molar-refractivity contribution in [2.45, 2.75) is 37.0 Å². The number of rotatable bonds is 2. The Balaban J connectivity index is 1.55. The number of ether oxygens (including phenoxy) is 4. The fourth-order valence-electron chi connectivity index (χ4n) is 3.24. The summed E-state index contributed by atoms with van der Waals surface area (Å²) < 4.78 is 23.5. The Morgan fingerprint density at radius 3 is 1.85 bits per heavy atom. The minimum absolute atomic E-state index is 0.0514. The molecule has 0 aromatic heterocycles. The lowest BCUT2D eigenvalue weighted by molar-refractivity contribution is -0.332. The van der Waals surface area contributed by atoms with Gasteiger partial charge in [0.25, 0.3) is 0 Å². The maximum Gasteiger partial charge on any atom is 0.184 e. The lowest BCUT2D eigenvalue weighted by atomic mass is 10.0. The second-order valence-electron chi connectivity index (χ2n) is 6.49. The van der Waals surface area contributed by atoms with Gasteiger partial charge in [0.15, 0.2) is 12.6 Å². The lowest BCUT2D eigenvalue weighted by Crippen LogP contribution is -2.55. The Bertz CT molecular complexity index is 694. The van der Waals surface area contributed by atoms with Crippen LogP contribution in [0.15, 0.2) is 60.7 Å². The molecule has 0 bridgehead atoms. The standard InChI is InChI=1S/C20H22O6/c21-15-11-23-19(13-7-3-1-4-8-13)25-16-12-24-20(26-18(16)17(15)22)14-9-5-2-6-10-14/h1-10,15-22H,11-12H2/t15-,16+,17+,18+,19?,20?/m0/s1. The Hall–Kier alpha value is -1.80. The Morgan fingerprint density at radius 1 is 0.692 bits per heavy atom. The van der Waals surface area contributed by atoms with Crippen LogP contribution in [0.5, 0.6) is 0 Å². The maximum atomic E-state index is 10.5. The molecule has 0 aliphatic carbocycles. The zero-order chi connectivity index (χ0) is 17.9. The molecule has 6 nitrogen and oxygen atoms in total. The minimum Gasteiger partial charge on any atom is -0.388 e. The first kappa shape index (κ1) is 17.6. The van der Waals surface area contributed by atoms with Crippen LogP contribution < -0.4 is 0 Å². The first-order chi connectivity index (χ1) is 12.7. The van der Waals surface area contributed by atoms with Gasteiger partial charge in [-0.2, -0.15) is 0 Å². The molecule has 2 aliphatic rings. The van der Waals surface area contributed by atoms with Crippen molar-refractivity contribution >= 4 is 0 Å². The molecule has 2 fully saturated rings. The molecule has 2 heterocycles. The van der Waals surface area contributed by atoms with Gasteiger partial charge in [-0.1, -0.05) is 60.7 Å². The summed E-state index contributed by atoms with van der Waals surface area (Å²) in [6.07, 6.45) is -4.77. The quantitative estimate of drug-likeness (QED) is 0.854. The summed E-state index contributed by atoms with van der Waals surface area (Å²) in [5.41, 5.74) is 1.69. The van der Waals surface area contributed by atoms with Gasteiger partial charge in [0, 0.05) is 11.1 Å². The monoisotopic (exact) mass is 358 g/mol. The van der Waals surface area contributed by atoms with Crippen LogP contribution in [0.25, 0.3) is 0 Å². The molecule has 6 atom stereocenters. The van der Waals surface area contributed by atoms with Gasteiger partial charge >= 0.3 is 0 Å². The number of aliphatic hydroxyl groups excluding tert-OH is 2. The van der Waals surface area contributed by atoms with Crippen molar-refractivity contribution in [2.24, 2.45) is 0 Å². The number of benzene rings is 2. The van der Waals surface area contributed by atoms with Gasteiger partial charge in [0.2, 0.25) is 0 Å². The molecule has 138 valence electrons. The van der Waals surface area contributed by atoms with E-state index in [-0.39, 0.29) is 13.2 Å². The van der Waals surface area contributed by atoms with Crippen LogP contribution in [-0.2, 0) is 18.9 Å². The molecule has 2 unspecified atom stereocenters. The minimum atomic E-state index is -1.13. The van der Waals surface area contributed by atoms with Crippen LogP contribution in [0, 0.1) is 0 Å². The molecule has 0 spiro atoms. The fraction of sp³-hybridized carbons (Fsp3) is 0.400. The Kier molecular flexibility index (Phi) is 5.31. The van der Waals surface area contributed by atoms with Crippen LogP contribution in [0.3, 0.4) is 0 Å². The average Bonchev–Trinajstić information content (AvgIpc) is 2.71. The van der Waals surface area contributed by atoms with Gasteiger partial charge in [0.1, 0.15) is 24.4 Å². The van der Waals surface area contributed by atoms with Crippen molar-refractivity contribution in [1.29, 1.82) is 0 Å². The fourth-order valence-corrected chi connectivity index (χ4v) is 3.24. The second kappa shape index (κ2) is 7.84.